The van der Waals surface area contributed by atoms with Crippen molar-refractivity contribution >= 4 is 17.5 Å². The minimum absolute atomic E-state index is 0.0420. The summed E-state index contributed by atoms with van der Waals surface area (Å²) in [6, 6.07) is 14.7. The lowest BCUT2D eigenvalue weighted by Crippen LogP contribution is -2.34. The van der Waals surface area contributed by atoms with E-state index in [2.05, 4.69) is 10.5 Å². The second-order valence-corrected chi connectivity index (χ2v) is 7.47. The van der Waals surface area contributed by atoms with Gasteiger partial charge < -0.3 is 19.3 Å². The standard InChI is InChI=1S/C22H21ClN2O4/c1-27-17-8-5-15(11-19(17)28-2)18-12-20(25-29-18)22(9-10-22)21(26)24-13-14-3-6-16(23)7-4-14/h3-8,11-12H,9-10,13H2,1-2H3,(H,24,26). The number of nitrogens with zero attached hydrogens (tertiary/aromatic N) is 1. The van der Waals surface area contributed by atoms with Crippen molar-refractivity contribution in [2.45, 2.75) is 24.8 Å². The summed E-state index contributed by atoms with van der Waals surface area (Å²) in [4.78, 5) is 12.8. The molecule has 1 aliphatic rings. The third-order valence-corrected chi connectivity index (χ3v) is 5.47. The number of amides is 1. The molecule has 1 aromatic heterocycles. The Morgan fingerprint density at radius 2 is 1.83 bits per heavy atom. The molecule has 0 aliphatic heterocycles. The first-order valence-corrected chi connectivity index (χ1v) is 9.66. The molecule has 0 radical (unpaired) electrons. The zero-order valence-corrected chi connectivity index (χ0v) is 17.0. The van der Waals surface area contributed by atoms with Crippen molar-refractivity contribution in [1.82, 2.24) is 10.5 Å². The molecule has 1 N–H and O–H groups in total. The van der Waals surface area contributed by atoms with Gasteiger partial charge in [0.25, 0.3) is 0 Å². The van der Waals surface area contributed by atoms with E-state index in [1.165, 1.54) is 0 Å². The predicted octanol–water partition coefficient (Wildman–Crippen LogP) is 4.36. The molecule has 6 nitrogen and oxygen atoms in total. The SMILES string of the molecule is COc1ccc(-c2cc(C3(C(=O)NCc4ccc(Cl)cc4)CC3)no2)cc1OC. The maximum atomic E-state index is 12.8. The van der Waals surface area contributed by atoms with Gasteiger partial charge in [-0.15, -0.1) is 0 Å². The first-order valence-electron chi connectivity index (χ1n) is 9.28. The van der Waals surface area contributed by atoms with Gasteiger partial charge in [0.1, 0.15) is 0 Å². The average Bonchev–Trinajstić information content (AvgIpc) is 3.42. The Morgan fingerprint density at radius 1 is 1.10 bits per heavy atom. The van der Waals surface area contributed by atoms with E-state index in [0.717, 1.165) is 24.0 Å². The van der Waals surface area contributed by atoms with E-state index in [1.54, 1.807) is 14.2 Å². The third-order valence-electron chi connectivity index (χ3n) is 5.22. The van der Waals surface area contributed by atoms with Crippen LogP contribution in [0.15, 0.2) is 53.1 Å². The molecule has 1 heterocycles. The summed E-state index contributed by atoms with van der Waals surface area (Å²) in [6.45, 7) is 0.443. The van der Waals surface area contributed by atoms with Crippen molar-refractivity contribution in [2.75, 3.05) is 14.2 Å². The molecule has 1 amide bonds. The van der Waals surface area contributed by atoms with Crippen LogP contribution in [0.3, 0.4) is 0 Å². The molecule has 0 spiro atoms. The fourth-order valence-electron chi connectivity index (χ4n) is 3.30. The van der Waals surface area contributed by atoms with Gasteiger partial charge in [0, 0.05) is 23.2 Å². The zero-order chi connectivity index (χ0) is 20.4. The third kappa shape index (κ3) is 3.80. The Labute approximate surface area is 173 Å². The number of aromatic nitrogens is 1. The first kappa shape index (κ1) is 19.3. The summed E-state index contributed by atoms with van der Waals surface area (Å²) >= 11 is 5.90. The molecular weight excluding hydrogens is 392 g/mol. The summed E-state index contributed by atoms with van der Waals surface area (Å²) < 4.78 is 16.1. The molecule has 0 atom stereocenters. The molecule has 7 heteroatoms. The quantitative estimate of drug-likeness (QED) is 0.624. The Bertz CT molecular complexity index is 1030. The number of rotatable bonds is 7. The molecule has 3 aromatic rings. The normalized spacial score (nSPS) is 14.3. The van der Waals surface area contributed by atoms with Crippen LogP contribution in [0.2, 0.25) is 5.02 Å². The van der Waals surface area contributed by atoms with Crippen molar-refractivity contribution in [3.05, 3.63) is 64.8 Å². The van der Waals surface area contributed by atoms with Crippen molar-refractivity contribution in [3.63, 3.8) is 0 Å². The van der Waals surface area contributed by atoms with Crippen LogP contribution in [0.1, 0.15) is 24.1 Å². The summed E-state index contributed by atoms with van der Waals surface area (Å²) in [6.07, 6.45) is 1.49. The van der Waals surface area contributed by atoms with Crippen molar-refractivity contribution in [2.24, 2.45) is 0 Å². The summed E-state index contributed by atoms with van der Waals surface area (Å²) in [5, 5.41) is 7.86. The molecule has 0 bridgehead atoms. The monoisotopic (exact) mass is 412 g/mol. The molecule has 0 unspecified atom stereocenters. The molecule has 1 saturated carbocycles. The van der Waals surface area contributed by atoms with Crippen molar-refractivity contribution < 1.29 is 18.8 Å². The van der Waals surface area contributed by atoms with Crippen molar-refractivity contribution in [3.8, 4) is 22.8 Å². The highest BCUT2D eigenvalue weighted by Gasteiger charge is 2.53. The molecule has 4 rings (SSSR count). The predicted molar refractivity (Wildman–Crippen MR) is 109 cm³/mol. The molecule has 0 saturated heterocycles. The average molecular weight is 413 g/mol. The Hall–Kier alpha value is -2.99. The van der Waals surface area contributed by atoms with Gasteiger partial charge in [-0.25, -0.2) is 0 Å². The van der Waals surface area contributed by atoms with Gasteiger partial charge in [0.05, 0.1) is 25.3 Å². The number of halogens is 1. The highest BCUT2D eigenvalue weighted by molar-refractivity contribution is 6.30. The van der Waals surface area contributed by atoms with Crippen LogP contribution in [0, 0.1) is 0 Å². The van der Waals surface area contributed by atoms with Gasteiger partial charge in [-0.1, -0.05) is 28.9 Å². The lowest BCUT2D eigenvalue weighted by molar-refractivity contribution is -0.123. The highest BCUT2D eigenvalue weighted by Crippen LogP contribution is 2.48. The number of carbonyl (C=O) groups excluding carboxylic acids is 1. The van der Waals surface area contributed by atoms with Gasteiger partial charge in [0.2, 0.25) is 5.91 Å². The summed E-state index contributed by atoms with van der Waals surface area (Å²) in [5.74, 6) is 1.78. The molecule has 1 fully saturated rings. The smallest absolute Gasteiger partial charge is 0.232 e. The molecule has 1 aliphatic carbocycles. The van der Waals surface area contributed by atoms with Gasteiger partial charge in [-0.2, -0.15) is 0 Å². The van der Waals surface area contributed by atoms with Crippen molar-refractivity contribution in [1.29, 1.82) is 0 Å². The first-order chi connectivity index (χ1) is 14.1. The van der Waals surface area contributed by atoms with Crippen LogP contribution >= 0.6 is 11.6 Å². The van der Waals surface area contributed by atoms with E-state index in [9.17, 15) is 4.79 Å². The molecule has 29 heavy (non-hydrogen) atoms. The number of hydrogen-bond donors (Lipinski definition) is 1. The van der Waals surface area contributed by atoms with E-state index < -0.39 is 5.41 Å². The Kier molecular flexibility index (Phi) is 5.20. The van der Waals surface area contributed by atoms with E-state index in [0.29, 0.717) is 34.5 Å². The number of carbonyl (C=O) groups is 1. The topological polar surface area (TPSA) is 73.6 Å². The van der Waals surface area contributed by atoms with Gasteiger partial charge in [0.15, 0.2) is 17.3 Å². The van der Waals surface area contributed by atoms with Crippen LogP contribution in [0.5, 0.6) is 11.5 Å². The molecule has 150 valence electrons. The Morgan fingerprint density at radius 3 is 2.48 bits per heavy atom. The fourth-order valence-corrected chi connectivity index (χ4v) is 3.43. The lowest BCUT2D eigenvalue weighted by atomic mass is 10.00. The number of nitrogens with one attached hydrogen (secondary N) is 1. The molecular formula is C22H21ClN2O4. The number of methoxy groups -OCH3 is 2. The van der Waals surface area contributed by atoms with Crippen LogP contribution in [0.4, 0.5) is 0 Å². The van der Waals surface area contributed by atoms with Crippen LogP contribution in [-0.4, -0.2) is 25.3 Å². The van der Waals surface area contributed by atoms with E-state index >= 15 is 0 Å². The lowest BCUT2D eigenvalue weighted by Gasteiger charge is -2.12. The largest absolute Gasteiger partial charge is 0.493 e. The van der Waals surface area contributed by atoms with Crippen LogP contribution in [-0.2, 0) is 16.8 Å². The second-order valence-electron chi connectivity index (χ2n) is 7.04. The summed E-state index contributed by atoms with van der Waals surface area (Å²) in [5.41, 5.74) is 1.82. The highest BCUT2D eigenvalue weighted by atomic mass is 35.5. The number of ether oxygens (including phenoxy) is 2. The van der Waals surface area contributed by atoms with Crippen LogP contribution < -0.4 is 14.8 Å². The minimum Gasteiger partial charge on any atom is -0.493 e. The number of hydrogen-bond acceptors (Lipinski definition) is 5. The summed E-state index contributed by atoms with van der Waals surface area (Å²) in [7, 11) is 3.17. The molecule has 2 aromatic carbocycles. The van der Waals surface area contributed by atoms with Crippen LogP contribution in [0.25, 0.3) is 11.3 Å². The van der Waals surface area contributed by atoms with E-state index in [1.807, 2.05) is 48.5 Å². The Balaban J connectivity index is 1.49. The van der Waals surface area contributed by atoms with Gasteiger partial charge >= 0.3 is 0 Å². The van der Waals surface area contributed by atoms with Gasteiger partial charge in [-0.05, 0) is 48.7 Å². The maximum Gasteiger partial charge on any atom is 0.232 e. The number of benzene rings is 2. The zero-order valence-electron chi connectivity index (χ0n) is 16.2. The van der Waals surface area contributed by atoms with E-state index in [-0.39, 0.29) is 5.91 Å². The second kappa shape index (κ2) is 7.79. The maximum absolute atomic E-state index is 12.8. The van der Waals surface area contributed by atoms with E-state index in [4.69, 9.17) is 25.6 Å². The van der Waals surface area contributed by atoms with Gasteiger partial charge in [-0.3, -0.25) is 4.79 Å². The fraction of sp³-hybridized carbons (Fsp3) is 0.273. The minimum atomic E-state index is -0.620.